The third-order valence-corrected chi connectivity index (χ3v) is 4.90. The Morgan fingerprint density at radius 3 is 2.09 bits per heavy atom. The highest BCUT2D eigenvalue weighted by Gasteiger charge is 2.47. The van der Waals surface area contributed by atoms with Crippen molar-refractivity contribution < 1.29 is 30.4 Å². The summed E-state index contributed by atoms with van der Waals surface area (Å²) in [6, 6.07) is 6.92. The summed E-state index contributed by atoms with van der Waals surface area (Å²) in [5.74, 6) is 0. The highest BCUT2D eigenvalue weighted by atomic mass is 32.2. The molecule has 0 spiro atoms. The van der Waals surface area contributed by atoms with Gasteiger partial charge < -0.3 is 17.3 Å². The Hall–Kier alpha value is -1.25. The van der Waals surface area contributed by atoms with E-state index >= 15 is 0 Å². The second-order valence-corrected chi connectivity index (χ2v) is 6.63. The van der Waals surface area contributed by atoms with E-state index in [-0.39, 0.29) is 0 Å². The summed E-state index contributed by atoms with van der Waals surface area (Å²) < 4.78 is 78.8. The van der Waals surface area contributed by atoms with Crippen LogP contribution in [0.5, 0.6) is 0 Å². The largest absolute Gasteiger partial charge is 0.673 e. The van der Waals surface area contributed by atoms with E-state index in [9.17, 15) is 30.4 Å². The lowest BCUT2D eigenvalue weighted by molar-refractivity contribution is -0.0867. The van der Waals surface area contributed by atoms with Gasteiger partial charge >= 0.3 is 12.8 Å². The van der Waals surface area contributed by atoms with E-state index in [1.54, 1.807) is 18.2 Å². The van der Waals surface area contributed by atoms with Crippen molar-refractivity contribution in [3.8, 4) is 0 Å². The molecule has 22 heavy (non-hydrogen) atoms. The van der Waals surface area contributed by atoms with Gasteiger partial charge in [-0.2, -0.15) is 0 Å². The third kappa shape index (κ3) is 5.19. The van der Waals surface area contributed by atoms with E-state index in [1.807, 2.05) is 19.9 Å². The van der Waals surface area contributed by atoms with Gasteiger partial charge in [0.2, 0.25) is 0 Å². The van der Waals surface area contributed by atoms with E-state index in [1.165, 1.54) is 0 Å². The van der Waals surface area contributed by atoms with E-state index in [0.29, 0.717) is 16.0 Å². The molecule has 0 nitrogen and oxygen atoms in total. The zero-order valence-corrected chi connectivity index (χ0v) is 12.7. The normalized spacial score (nSPS) is 13.0. The quantitative estimate of drug-likeness (QED) is 0.325. The first kappa shape index (κ1) is 18.8. The number of alkyl halides is 3. The SMILES string of the molecule is CCCc1cc2c(C)cccc2[s+]1C(F)(F)F.F[B-](F)(F)F. The summed E-state index contributed by atoms with van der Waals surface area (Å²) in [6.07, 6.45) is 1.27. The van der Waals surface area contributed by atoms with Crippen molar-refractivity contribution in [3.63, 3.8) is 0 Å². The predicted molar refractivity (Wildman–Crippen MR) is 76.6 cm³/mol. The minimum atomic E-state index is -6.00. The Kier molecular flexibility index (Phi) is 5.89. The molecule has 1 heterocycles. The molecule has 1 aromatic carbocycles. The first-order chi connectivity index (χ1) is 9.95. The van der Waals surface area contributed by atoms with Gasteiger partial charge in [0.1, 0.15) is 0 Å². The first-order valence-electron chi connectivity index (χ1n) is 6.43. The lowest BCUT2D eigenvalue weighted by atomic mass is 10.1. The fourth-order valence-electron chi connectivity index (χ4n) is 2.07. The van der Waals surface area contributed by atoms with Crippen molar-refractivity contribution in [2.45, 2.75) is 32.2 Å². The number of hydrogen-bond donors (Lipinski definition) is 0. The highest BCUT2D eigenvalue weighted by Crippen LogP contribution is 2.51. The number of benzene rings is 1. The van der Waals surface area contributed by atoms with Crippen LogP contribution >= 0.6 is 10.5 Å². The summed E-state index contributed by atoms with van der Waals surface area (Å²) in [6.45, 7) is 3.77. The monoisotopic (exact) mass is 346 g/mol. The molecule has 0 aliphatic heterocycles. The molecule has 0 saturated heterocycles. The second-order valence-electron chi connectivity index (χ2n) is 4.59. The number of hydrogen-bond acceptors (Lipinski definition) is 0. The molecule has 0 aliphatic rings. The first-order valence-corrected chi connectivity index (χ1v) is 7.66. The smallest absolute Gasteiger partial charge is 0.418 e. The Morgan fingerprint density at radius 1 is 1.09 bits per heavy atom. The summed E-state index contributed by atoms with van der Waals surface area (Å²) in [7, 11) is -7.71. The van der Waals surface area contributed by atoms with Crippen molar-refractivity contribution in [2.75, 3.05) is 0 Å². The Labute approximate surface area is 126 Å². The standard InChI is InChI=1S/C13H14F3S.BF4/c1-3-5-10-8-11-9(2)6-4-7-12(11)17(10)13(14,15)16;2-1(3,4)5/h4,6-8H,3,5H2,1-2H3;/q+1;-1. The molecular weight excluding hydrogens is 332 g/mol. The van der Waals surface area contributed by atoms with Crippen LogP contribution in [0.1, 0.15) is 23.8 Å². The van der Waals surface area contributed by atoms with Crippen molar-refractivity contribution in [1.29, 1.82) is 0 Å². The molecule has 0 radical (unpaired) electrons. The van der Waals surface area contributed by atoms with E-state index in [2.05, 4.69) is 0 Å². The van der Waals surface area contributed by atoms with Crippen LogP contribution in [0.15, 0.2) is 24.3 Å². The van der Waals surface area contributed by atoms with Crippen LogP contribution in [0.2, 0.25) is 0 Å². The molecule has 0 fully saturated rings. The van der Waals surface area contributed by atoms with Gasteiger partial charge in [-0.3, -0.25) is 0 Å². The maximum absolute atomic E-state index is 13.1. The van der Waals surface area contributed by atoms with Gasteiger partial charge in [-0.15, -0.1) is 13.2 Å². The van der Waals surface area contributed by atoms with Crippen molar-refractivity contribution >= 4 is 27.8 Å². The van der Waals surface area contributed by atoms with Gasteiger partial charge in [-0.25, -0.2) is 0 Å². The number of halogens is 7. The average Bonchev–Trinajstić information content (AvgIpc) is 2.66. The van der Waals surface area contributed by atoms with Crippen LogP contribution < -0.4 is 0 Å². The van der Waals surface area contributed by atoms with E-state index in [4.69, 9.17) is 0 Å². The predicted octanol–water partition coefficient (Wildman–Crippen LogP) is 6.63. The highest BCUT2D eigenvalue weighted by molar-refractivity contribution is 7.38. The summed E-state index contributed by atoms with van der Waals surface area (Å²) in [5, 5.41) is 0.775. The lowest BCUT2D eigenvalue weighted by Crippen LogP contribution is -2.02. The van der Waals surface area contributed by atoms with Gasteiger partial charge in [0.25, 0.3) is 0 Å². The third-order valence-electron chi connectivity index (χ3n) is 2.80. The zero-order valence-electron chi connectivity index (χ0n) is 11.9. The molecule has 1 unspecified atom stereocenters. The van der Waals surface area contributed by atoms with Crippen LogP contribution in [0.25, 0.3) is 10.1 Å². The molecule has 124 valence electrons. The second kappa shape index (κ2) is 6.89. The van der Waals surface area contributed by atoms with Gasteiger partial charge in [-0.1, -0.05) is 19.1 Å². The minimum absolute atomic E-state index is 0.445. The summed E-state index contributed by atoms with van der Waals surface area (Å²) >= 11 is 0. The van der Waals surface area contributed by atoms with Gasteiger partial charge in [0, 0.05) is 17.9 Å². The number of thiophene rings is 1. The molecular formula is C13H14BF7S. The molecule has 0 amide bonds. The van der Waals surface area contributed by atoms with Gasteiger partial charge in [0.15, 0.2) is 9.58 Å². The molecule has 0 bridgehead atoms. The fourth-order valence-corrected chi connectivity index (χ4v) is 4.20. The molecule has 0 saturated carbocycles. The van der Waals surface area contributed by atoms with Gasteiger partial charge in [0.05, 0.1) is 10.5 Å². The molecule has 2 aromatic rings. The van der Waals surface area contributed by atoms with E-state index in [0.717, 1.165) is 17.4 Å². The van der Waals surface area contributed by atoms with Crippen molar-refractivity contribution in [3.05, 3.63) is 34.7 Å². The van der Waals surface area contributed by atoms with Crippen molar-refractivity contribution in [1.82, 2.24) is 0 Å². The van der Waals surface area contributed by atoms with E-state index < -0.39 is 23.2 Å². The maximum Gasteiger partial charge on any atom is 0.673 e. The van der Waals surface area contributed by atoms with Crippen LogP contribution in [0.3, 0.4) is 0 Å². The van der Waals surface area contributed by atoms with Crippen molar-refractivity contribution in [2.24, 2.45) is 0 Å². The number of fused-ring (bicyclic) bond motifs is 1. The Bertz CT molecular complexity index is 622. The molecule has 1 aromatic heterocycles. The molecule has 0 aliphatic carbocycles. The Balaban J connectivity index is 0.000000422. The lowest BCUT2D eigenvalue weighted by Gasteiger charge is -1.99. The average molecular weight is 346 g/mol. The van der Waals surface area contributed by atoms with Crippen LogP contribution in [0.4, 0.5) is 30.4 Å². The molecule has 0 N–H and O–H groups in total. The minimum Gasteiger partial charge on any atom is -0.418 e. The topological polar surface area (TPSA) is 0 Å². The molecule has 1 atom stereocenters. The summed E-state index contributed by atoms with van der Waals surface area (Å²) in [5.41, 5.74) is -3.23. The molecule has 9 heteroatoms. The number of rotatable bonds is 2. The van der Waals surface area contributed by atoms with Crippen LogP contribution in [-0.4, -0.2) is 7.25 Å². The van der Waals surface area contributed by atoms with Crippen LogP contribution in [-0.2, 0) is 11.9 Å². The van der Waals surface area contributed by atoms with Crippen LogP contribution in [0, 0.1) is 6.92 Å². The van der Waals surface area contributed by atoms with Gasteiger partial charge in [-0.05, 0) is 25.0 Å². The maximum atomic E-state index is 13.1. The molecule has 2 rings (SSSR count). The summed E-state index contributed by atoms with van der Waals surface area (Å²) in [4.78, 5) is 0.532. The number of aryl methyl sites for hydroxylation is 2. The fraction of sp³-hybridized carbons (Fsp3) is 0.385. The zero-order chi connectivity index (χ0) is 17.1. The Morgan fingerprint density at radius 2 is 1.64 bits per heavy atom.